The highest BCUT2D eigenvalue weighted by Crippen LogP contribution is 2.20. The first-order chi connectivity index (χ1) is 10.3. The third-order valence-corrected chi connectivity index (χ3v) is 4.47. The number of methoxy groups -OCH3 is 1. The zero-order valence-electron chi connectivity index (χ0n) is 12.5. The maximum atomic E-state index is 9.15. The van der Waals surface area contributed by atoms with E-state index in [1.807, 2.05) is 12.1 Å². The van der Waals surface area contributed by atoms with E-state index >= 15 is 0 Å². The van der Waals surface area contributed by atoms with E-state index < -0.39 is 0 Å². The van der Waals surface area contributed by atoms with Crippen LogP contribution in [0.1, 0.15) is 11.1 Å². The molecular weight excluding hydrogens is 264 g/mol. The van der Waals surface area contributed by atoms with Crippen molar-refractivity contribution >= 4 is 0 Å². The van der Waals surface area contributed by atoms with Crippen molar-refractivity contribution in [2.24, 2.45) is 0 Å². The third kappa shape index (κ3) is 3.18. The van der Waals surface area contributed by atoms with Crippen molar-refractivity contribution in [1.82, 2.24) is 15.1 Å². The van der Waals surface area contributed by atoms with Gasteiger partial charge in [-0.25, -0.2) is 0 Å². The van der Waals surface area contributed by atoms with E-state index in [0.717, 1.165) is 51.9 Å². The molecule has 2 heterocycles. The summed E-state index contributed by atoms with van der Waals surface area (Å²) in [6.07, 6.45) is 0. The fraction of sp³-hybridized carbons (Fsp3) is 0.562. The van der Waals surface area contributed by atoms with Crippen LogP contribution in [0.3, 0.4) is 0 Å². The maximum Gasteiger partial charge on any atom is 0.136 e. The zero-order chi connectivity index (χ0) is 14.7. The van der Waals surface area contributed by atoms with Crippen LogP contribution < -0.4 is 10.1 Å². The topological polar surface area (TPSA) is 51.5 Å². The normalized spacial score (nSPS) is 20.8. The first-order valence-electron chi connectivity index (χ1n) is 7.54. The SMILES string of the molecule is COc1ccc(CN2CCN(C3CNC3)CC2)cc1C#N. The lowest BCUT2D eigenvalue weighted by Gasteiger charge is -2.43. The van der Waals surface area contributed by atoms with Crippen molar-refractivity contribution in [3.8, 4) is 11.8 Å². The molecule has 0 unspecified atom stereocenters. The highest BCUT2D eigenvalue weighted by atomic mass is 16.5. The van der Waals surface area contributed by atoms with E-state index in [9.17, 15) is 0 Å². The lowest BCUT2D eigenvalue weighted by atomic mass is 10.1. The van der Waals surface area contributed by atoms with E-state index in [0.29, 0.717) is 11.3 Å². The van der Waals surface area contributed by atoms with Crippen LogP contribution in [0.5, 0.6) is 5.75 Å². The molecule has 112 valence electrons. The highest BCUT2D eigenvalue weighted by molar-refractivity contribution is 5.45. The summed E-state index contributed by atoms with van der Waals surface area (Å²) in [6.45, 7) is 7.69. The summed E-state index contributed by atoms with van der Waals surface area (Å²) in [5, 5.41) is 12.5. The van der Waals surface area contributed by atoms with Gasteiger partial charge in [-0.2, -0.15) is 5.26 Å². The van der Waals surface area contributed by atoms with Crippen molar-refractivity contribution in [2.75, 3.05) is 46.4 Å². The van der Waals surface area contributed by atoms with Crippen molar-refractivity contribution < 1.29 is 4.74 Å². The van der Waals surface area contributed by atoms with Crippen molar-refractivity contribution in [2.45, 2.75) is 12.6 Å². The summed E-state index contributed by atoms with van der Waals surface area (Å²) < 4.78 is 5.19. The van der Waals surface area contributed by atoms with Crippen LogP contribution in [-0.4, -0.2) is 62.2 Å². The van der Waals surface area contributed by atoms with Gasteiger partial charge in [0.25, 0.3) is 0 Å². The van der Waals surface area contributed by atoms with Crippen molar-refractivity contribution in [3.63, 3.8) is 0 Å². The molecule has 5 heteroatoms. The van der Waals surface area contributed by atoms with Crippen LogP contribution in [0, 0.1) is 11.3 Å². The van der Waals surface area contributed by atoms with Gasteiger partial charge in [0.15, 0.2) is 0 Å². The molecule has 0 saturated carbocycles. The molecule has 0 atom stereocenters. The molecule has 21 heavy (non-hydrogen) atoms. The number of hydrogen-bond donors (Lipinski definition) is 1. The fourth-order valence-corrected chi connectivity index (χ4v) is 3.02. The van der Waals surface area contributed by atoms with Crippen LogP contribution in [0.25, 0.3) is 0 Å². The summed E-state index contributed by atoms with van der Waals surface area (Å²) in [4.78, 5) is 5.05. The van der Waals surface area contributed by atoms with E-state index in [4.69, 9.17) is 10.00 Å². The molecular formula is C16H22N4O. The number of nitrogens with zero attached hydrogens (tertiary/aromatic N) is 3. The molecule has 0 radical (unpaired) electrons. The Labute approximate surface area is 126 Å². The first kappa shape index (κ1) is 14.3. The second-order valence-electron chi connectivity index (χ2n) is 5.77. The predicted molar refractivity (Wildman–Crippen MR) is 81.2 cm³/mol. The molecule has 1 aromatic rings. The summed E-state index contributed by atoms with van der Waals surface area (Å²) in [5.41, 5.74) is 1.81. The molecule has 2 saturated heterocycles. The summed E-state index contributed by atoms with van der Waals surface area (Å²) >= 11 is 0. The van der Waals surface area contributed by atoms with Crippen LogP contribution in [0.4, 0.5) is 0 Å². The molecule has 1 N–H and O–H groups in total. The van der Waals surface area contributed by atoms with Crippen LogP contribution >= 0.6 is 0 Å². The van der Waals surface area contributed by atoms with Gasteiger partial charge in [-0.05, 0) is 17.7 Å². The Morgan fingerprint density at radius 2 is 2.05 bits per heavy atom. The van der Waals surface area contributed by atoms with Crippen LogP contribution in [0.2, 0.25) is 0 Å². The van der Waals surface area contributed by atoms with Crippen molar-refractivity contribution in [3.05, 3.63) is 29.3 Å². The average molecular weight is 286 g/mol. The monoisotopic (exact) mass is 286 g/mol. The van der Waals surface area contributed by atoms with Crippen LogP contribution in [-0.2, 0) is 6.54 Å². The molecule has 0 bridgehead atoms. The molecule has 5 nitrogen and oxygen atoms in total. The molecule has 0 aromatic heterocycles. The number of piperazine rings is 1. The van der Waals surface area contributed by atoms with Gasteiger partial charge in [-0.1, -0.05) is 6.07 Å². The zero-order valence-corrected chi connectivity index (χ0v) is 12.5. The van der Waals surface area contributed by atoms with Gasteiger partial charge in [0.05, 0.1) is 12.7 Å². The van der Waals surface area contributed by atoms with Crippen molar-refractivity contribution in [1.29, 1.82) is 5.26 Å². The van der Waals surface area contributed by atoms with Gasteiger partial charge in [0.1, 0.15) is 11.8 Å². The second-order valence-corrected chi connectivity index (χ2v) is 5.77. The lowest BCUT2D eigenvalue weighted by Crippen LogP contribution is -2.61. The molecule has 1 aromatic carbocycles. The Hall–Kier alpha value is -1.61. The summed E-state index contributed by atoms with van der Waals surface area (Å²) in [6, 6.07) is 8.85. The van der Waals surface area contributed by atoms with Gasteiger partial charge in [-0.3, -0.25) is 9.80 Å². The summed E-state index contributed by atoms with van der Waals surface area (Å²) in [5.74, 6) is 0.656. The largest absolute Gasteiger partial charge is 0.495 e. The molecule has 0 amide bonds. The number of nitrogens with one attached hydrogen (secondary N) is 1. The van der Waals surface area contributed by atoms with Gasteiger partial charge in [-0.15, -0.1) is 0 Å². The second kappa shape index (κ2) is 6.44. The third-order valence-electron chi connectivity index (χ3n) is 4.47. The Morgan fingerprint density at radius 3 is 2.62 bits per heavy atom. The minimum absolute atomic E-state index is 0.620. The Kier molecular flexibility index (Phi) is 4.39. The number of rotatable bonds is 4. The predicted octanol–water partition coefficient (Wildman–Crippen LogP) is 0.656. The molecule has 3 rings (SSSR count). The molecule has 2 aliphatic rings. The smallest absolute Gasteiger partial charge is 0.136 e. The molecule has 0 aliphatic carbocycles. The van der Waals surface area contributed by atoms with Gasteiger partial charge < -0.3 is 10.1 Å². The minimum Gasteiger partial charge on any atom is -0.495 e. The van der Waals surface area contributed by atoms with E-state index in [-0.39, 0.29) is 0 Å². The lowest BCUT2D eigenvalue weighted by molar-refractivity contribution is 0.0695. The van der Waals surface area contributed by atoms with Gasteiger partial charge in [0.2, 0.25) is 0 Å². The molecule has 2 fully saturated rings. The van der Waals surface area contributed by atoms with Gasteiger partial charge >= 0.3 is 0 Å². The number of ether oxygens (including phenoxy) is 1. The molecule has 0 spiro atoms. The summed E-state index contributed by atoms with van der Waals surface area (Å²) in [7, 11) is 1.60. The molecule has 2 aliphatic heterocycles. The number of hydrogen-bond acceptors (Lipinski definition) is 5. The number of benzene rings is 1. The number of nitriles is 1. The Morgan fingerprint density at radius 1 is 1.29 bits per heavy atom. The standard InChI is InChI=1S/C16H22N4O/c1-21-16-3-2-13(8-14(16)9-17)12-19-4-6-20(7-5-19)15-10-18-11-15/h2-3,8,15,18H,4-7,10-12H2,1H3. The van der Waals surface area contributed by atoms with Gasteiger partial charge in [0, 0.05) is 51.9 Å². The minimum atomic E-state index is 0.620. The van der Waals surface area contributed by atoms with E-state index in [1.165, 1.54) is 5.56 Å². The average Bonchev–Trinajstić information content (AvgIpc) is 2.47. The maximum absolute atomic E-state index is 9.15. The van der Waals surface area contributed by atoms with Crippen LogP contribution in [0.15, 0.2) is 18.2 Å². The Bertz CT molecular complexity index is 528. The quantitative estimate of drug-likeness (QED) is 0.881. The Balaban J connectivity index is 1.56. The highest BCUT2D eigenvalue weighted by Gasteiger charge is 2.27. The van der Waals surface area contributed by atoms with E-state index in [2.05, 4.69) is 27.3 Å². The van der Waals surface area contributed by atoms with E-state index in [1.54, 1.807) is 7.11 Å². The first-order valence-corrected chi connectivity index (χ1v) is 7.54. The fourth-order valence-electron chi connectivity index (χ4n) is 3.02.